The van der Waals surface area contributed by atoms with Gasteiger partial charge >= 0.3 is 17.1 Å². The molecule has 1 aliphatic carbocycles. The van der Waals surface area contributed by atoms with Crippen molar-refractivity contribution in [1.29, 1.82) is 0 Å². The molecule has 2 aliphatic rings. The zero-order chi connectivity index (χ0) is 47.2. The number of phenols is 2. The van der Waals surface area contributed by atoms with Crippen molar-refractivity contribution in [2.75, 3.05) is 0 Å². The Balaban J connectivity index is 1.90. The Morgan fingerprint density at radius 2 is 0.730 bits per heavy atom. The van der Waals surface area contributed by atoms with E-state index in [2.05, 4.69) is 187 Å². The highest BCUT2D eigenvalue weighted by atomic mass is 28.5. The zero-order valence-corrected chi connectivity index (χ0v) is 44.9. The molecule has 0 saturated carbocycles. The lowest BCUT2D eigenvalue weighted by Gasteiger charge is -2.49. The summed E-state index contributed by atoms with van der Waals surface area (Å²) in [5.74, 6) is 2.37. The lowest BCUT2D eigenvalue weighted by atomic mass is 9.78. The molecule has 0 spiro atoms. The fraction of sp³-hybridized carbons (Fsp3) is 0.571. The van der Waals surface area contributed by atoms with Gasteiger partial charge in [0.15, 0.2) is 0 Å². The van der Waals surface area contributed by atoms with Crippen molar-refractivity contribution in [3.05, 3.63) is 115 Å². The first-order valence-electron chi connectivity index (χ1n) is 23.9. The summed E-state index contributed by atoms with van der Waals surface area (Å²) in [6.45, 7) is 45.5. The van der Waals surface area contributed by atoms with E-state index in [1.165, 1.54) is 11.1 Å². The lowest BCUT2D eigenvalue weighted by Crippen LogP contribution is -2.64. The molecule has 7 heteroatoms. The van der Waals surface area contributed by atoms with Crippen LogP contribution in [0, 0.1) is 0 Å². The first-order valence-corrected chi connectivity index (χ1v) is 27.8. The van der Waals surface area contributed by atoms with Gasteiger partial charge in [-0.05, 0) is 82.9 Å². The van der Waals surface area contributed by atoms with Crippen LogP contribution < -0.4 is 8.85 Å². The summed E-state index contributed by atoms with van der Waals surface area (Å²) in [5.41, 5.74) is 12.1. The van der Waals surface area contributed by atoms with Gasteiger partial charge in [-0.1, -0.05) is 187 Å². The van der Waals surface area contributed by atoms with Crippen LogP contribution in [0.5, 0.6) is 23.0 Å². The van der Waals surface area contributed by atoms with Gasteiger partial charge in [-0.2, -0.15) is 0 Å². The molecule has 344 valence electrons. The molecule has 10 bridgehead atoms. The van der Waals surface area contributed by atoms with E-state index in [1.54, 1.807) is 0 Å². The molecule has 0 amide bonds. The Kier molecular flexibility index (Phi) is 13.0. The molecule has 6 rings (SSSR count). The highest BCUT2D eigenvalue weighted by Crippen LogP contribution is 2.51. The Hall–Kier alpha value is -3.53. The summed E-state index contributed by atoms with van der Waals surface area (Å²) >= 11 is 0. The summed E-state index contributed by atoms with van der Waals surface area (Å²) < 4.78 is 24.1. The van der Waals surface area contributed by atoms with Gasteiger partial charge in [0.2, 0.25) is 0 Å². The van der Waals surface area contributed by atoms with E-state index in [4.69, 9.17) is 13.0 Å². The molecule has 0 saturated heterocycles. The molecule has 4 aromatic rings. The summed E-state index contributed by atoms with van der Waals surface area (Å²) in [5, 5.41) is 25.2. The summed E-state index contributed by atoms with van der Waals surface area (Å²) in [4.78, 5) is 0. The normalized spacial score (nSPS) is 16.8. The van der Waals surface area contributed by atoms with Gasteiger partial charge in [-0.3, -0.25) is 0 Å². The summed E-state index contributed by atoms with van der Waals surface area (Å²) in [6.07, 6.45) is 1.94. The SMILES string of the molecule is CC(C)[Si]1(C(C)C)Oc2c3cc(C(C)(C)C)cc2Cc2c(C(C)(C)C)ccc(c2O[Si](C(C)C)(C(C)C)O1)Cc1cc(C(C)(C)C)cc(c1O)Cc1cc(C(C)(C)C)cc(c1O)C3. The van der Waals surface area contributed by atoms with Gasteiger partial charge in [0.25, 0.3) is 0 Å². The van der Waals surface area contributed by atoms with Crippen molar-refractivity contribution >= 4 is 17.1 Å². The van der Waals surface area contributed by atoms with Gasteiger partial charge in [-0.25, -0.2) is 0 Å². The third-order valence-corrected chi connectivity index (χ3v) is 24.1. The number of hydrogen-bond acceptors (Lipinski definition) is 5. The Morgan fingerprint density at radius 3 is 1.08 bits per heavy atom. The van der Waals surface area contributed by atoms with Gasteiger partial charge in [0.1, 0.15) is 23.0 Å². The maximum atomic E-state index is 12.6. The van der Waals surface area contributed by atoms with Crippen LogP contribution >= 0.6 is 0 Å². The molecule has 2 N–H and O–H groups in total. The van der Waals surface area contributed by atoms with Crippen LogP contribution in [0.1, 0.15) is 205 Å². The fourth-order valence-electron chi connectivity index (χ4n) is 10.0. The number of phenolic OH excluding ortho intramolecular Hbond substituents is 2. The minimum atomic E-state index is -3.23. The van der Waals surface area contributed by atoms with Crippen LogP contribution in [0.4, 0.5) is 0 Å². The van der Waals surface area contributed by atoms with Crippen molar-refractivity contribution in [2.24, 2.45) is 0 Å². The van der Waals surface area contributed by atoms with Crippen LogP contribution in [0.3, 0.4) is 0 Å². The van der Waals surface area contributed by atoms with Crippen molar-refractivity contribution in [1.82, 2.24) is 0 Å². The van der Waals surface area contributed by atoms with E-state index in [-0.39, 0.29) is 55.3 Å². The second-order valence-corrected chi connectivity index (χ2v) is 33.3. The molecule has 5 nitrogen and oxygen atoms in total. The standard InChI is InChI=1S/C56H82O5Si2/c1-33(2)62(34(3)4)59-51-42-25-41-29-45(54(12,13)14)28-40(50(41)58)24-39-27-44(53(9,10)11)26-38(49(39)57)23-37-21-22-48(56(18,19)20)47(32-43(51)31-46(30-42)55(15,16)17)52(37)60-63(61-62,35(5)6)36(7)8/h21-22,26-31,33-36,57-58H,23-25,32H2,1-20H3. The molecule has 0 radical (unpaired) electrons. The predicted molar refractivity (Wildman–Crippen MR) is 269 cm³/mol. The molecule has 4 aromatic carbocycles. The third-order valence-electron chi connectivity index (χ3n) is 14.1. The Morgan fingerprint density at radius 1 is 0.413 bits per heavy atom. The smallest absolute Gasteiger partial charge is 0.396 e. The molecule has 0 atom stereocenters. The average Bonchev–Trinajstić information content (AvgIpc) is 3.13. The number of hydrogen-bond donors (Lipinski definition) is 2. The van der Waals surface area contributed by atoms with Crippen LogP contribution in [0.15, 0.2) is 48.5 Å². The van der Waals surface area contributed by atoms with Crippen LogP contribution in [-0.2, 0) is 51.5 Å². The molecular formula is C56H82O5Si2. The van der Waals surface area contributed by atoms with E-state index in [0.717, 1.165) is 67.1 Å². The number of aromatic hydroxyl groups is 2. The fourth-order valence-corrected chi connectivity index (χ4v) is 20.9. The van der Waals surface area contributed by atoms with Gasteiger partial charge in [0, 0.05) is 53.4 Å². The maximum absolute atomic E-state index is 12.6. The molecule has 0 aromatic heterocycles. The monoisotopic (exact) mass is 891 g/mol. The topological polar surface area (TPSA) is 68.2 Å². The molecule has 1 aliphatic heterocycles. The Labute approximate surface area is 384 Å². The second kappa shape index (κ2) is 16.7. The molecule has 1 heterocycles. The number of fused-ring (bicyclic) bond motifs is 4. The van der Waals surface area contributed by atoms with Gasteiger partial charge in [-0.15, -0.1) is 0 Å². The second-order valence-electron chi connectivity index (χ2n) is 24.6. The Bertz CT molecular complexity index is 2340. The first kappa shape index (κ1) is 48.9. The third kappa shape index (κ3) is 9.32. The summed E-state index contributed by atoms with van der Waals surface area (Å²) in [6, 6.07) is 18.1. The van der Waals surface area contributed by atoms with Crippen molar-refractivity contribution in [2.45, 2.75) is 208 Å². The van der Waals surface area contributed by atoms with Crippen molar-refractivity contribution < 1.29 is 23.2 Å². The minimum Gasteiger partial charge on any atom is -0.520 e. The summed E-state index contributed by atoms with van der Waals surface area (Å²) in [7, 11) is -6.45. The van der Waals surface area contributed by atoms with E-state index in [0.29, 0.717) is 25.7 Å². The van der Waals surface area contributed by atoms with E-state index in [9.17, 15) is 10.2 Å². The largest absolute Gasteiger partial charge is 0.520 e. The van der Waals surface area contributed by atoms with Crippen LogP contribution in [0.2, 0.25) is 22.2 Å². The number of benzene rings is 4. The van der Waals surface area contributed by atoms with Crippen LogP contribution in [-0.4, -0.2) is 27.3 Å². The van der Waals surface area contributed by atoms with E-state index in [1.807, 2.05) is 0 Å². The minimum absolute atomic E-state index is 0.0939. The highest BCUT2D eigenvalue weighted by Gasteiger charge is 2.59. The van der Waals surface area contributed by atoms with Crippen molar-refractivity contribution in [3.8, 4) is 23.0 Å². The maximum Gasteiger partial charge on any atom is 0.396 e. The molecular weight excluding hydrogens is 809 g/mol. The lowest BCUT2D eigenvalue weighted by molar-refractivity contribution is 0.270. The average molecular weight is 891 g/mol. The molecule has 63 heavy (non-hydrogen) atoms. The molecule has 0 unspecified atom stereocenters. The molecule has 0 fully saturated rings. The van der Waals surface area contributed by atoms with E-state index < -0.39 is 17.1 Å². The number of rotatable bonds is 4. The zero-order valence-electron chi connectivity index (χ0n) is 42.9. The quantitative estimate of drug-likeness (QED) is 0.176. The van der Waals surface area contributed by atoms with E-state index >= 15 is 0 Å². The van der Waals surface area contributed by atoms with Crippen molar-refractivity contribution in [3.63, 3.8) is 0 Å². The highest BCUT2D eigenvalue weighted by molar-refractivity contribution is 6.84. The van der Waals surface area contributed by atoms with Gasteiger partial charge in [0.05, 0.1) is 0 Å². The van der Waals surface area contributed by atoms with Crippen LogP contribution in [0.25, 0.3) is 0 Å². The first-order chi connectivity index (χ1) is 28.8. The van der Waals surface area contributed by atoms with Gasteiger partial charge < -0.3 is 23.2 Å². The predicted octanol–water partition coefficient (Wildman–Crippen LogP) is 15.3.